The molecule has 0 fully saturated rings. The van der Waals surface area contributed by atoms with E-state index in [1.165, 1.54) is 13.8 Å². The van der Waals surface area contributed by atoms with Gasteiger partial charge in [-0.15, -0.1) is 0 Å². The summed E-state index contributed by atoms with van der Waals surface area (Å²) < 4.78 is 0.965. The third-order valence-corrected chi connectivity index (χ3v) is 3.47. The van der Waals surface area contributed by atoms with E-state index in [4.69, 9.17) is 5.11 Å². The topological polar surface area (TPSA) is 66.4 Å². The number of rotatable bonds is 4. The summed E-state index contributed by atoms with van der Waals surface area (Å²) >= 11 is 3.34. The summed E-state index contributed by atoms with van der Waals surface area (Å²) in [5, 5.41) is 11.6. The Bertz CT molecular complexity index is 520. The fourth-order valence-corrected chi connectivity index (χ4v) is 1.73. The maximum atomic E-state index is 11.9. The van der Waals surface area contributed by atoms with Crippen molar-refractivity contribution in [3.8, 4) is 0 Å². The molecule has 0 aliphatic heterocycles. The molecule has 0 saturated heterocycles. The molecule has 4 nitrogen and oxygen atoms in total. The van der Waals surface area contributed by atoms with Gasteiger partial charge in [-0.1, -0.05) is 28.1 Å². The van der Waals surface area contributed by atoms with E-state index < -0.39 is 5.97 Å². The second-order valence-corrected chi connectivity index (χ2v) is 5.22. The van der Waals surface area contributed by atoms with Gasteiger partial charge in [-0.3, -0.25) is 4.79 Å². The molecule has 0 aromatic heterocycles. The molecule has 1 amide bonds. The summed E-state index contributed by atoms with van der Waals surface area (Å²) in [6, 6.07) is 7.40. The second kappa shape index (κ2) is 6.52. The number of hydrogen-bond donors (Lipinski definition) is 2. The first kappa shape index (κ1) is 15.4. The molecule has 0 heterocycles. The van der Waals surface area contributed by atoms with Crippen LogP contribution in [0.1, 0.15) is 32.4 Å². The minimum absolute atomic E-state index is 0.0560. The molecule has 2 N–H and O–H groups in total. The fourth-order valence-electron chi connectivity index (χ4n) is 1.47. The zero-order chi connectivity index (χ0) is 14.6. The predicted octanol–water partition coefficient (Wildman–Crippen LogP) is 3.05. The number of benzene rings is 1. The molecule has 0 radical (unpaired) electrons. The lowest BCUT2D eigenvalue weighted by molar-refractivity contribution is -0.133. The maximum absolute atomic E-state index is 11.9. The van der Waals surface area contributed by atoms with Gasteiger partial charge in [0, 0.05) is 15.6 Å². The Kier molecular flexibility index (Phi) is 5.30. The van der Waals surface area contributed by atoms with E-state index >= 15 is 0 Å². The molecule has 1 aromatic rings. The molecule has 0 saturated carbocycles. The Morgan fingerprint density at radius 2 is 1.68 bits per heavy atom. The van der Waals surface area contributed by atoms with Crippen LogP contribution in [0.3, 0.4) is 0 Å². The van der Waals surface area contributed by atoms with Gasteiger partial charge in [-0.25, -0.2) is 4.79 Å². The van der Waals surface area contributed by atoms with Gasteiger partial charge in [0.2, 0.25) is 5.91 Å². The smallest absolute Gasteiger partial charge is 0.331 e. The minimum Gasteiger partial charge on any atom is -0.478 e. The number of nitrogens with one attached hydrogen (secondary N) is 1. The van der Waals surface area contributed by atoms with Gasteiger partial charge < -0.3 is 10.4 Å². The average Bonchev–Trinajstić information content (AvgIpc) is 2.37. The van der Waals surface area contributed by atoms with Gasteiger partial charge in [0.05, 0.1) is 6.04 Å². The monoisotopic (exact) mass is 325 g/mol. The van der Waals surface area contributed by atoms with Crippen molar-refractivity contribution in [2.45, 2.75) is 26.8 Å². The summed E-state index contributed by atoms with van der Waals surface area (Å²) in [5.41, 5.74) is 1.23. The number of aliphatic carboxylic acids is 1. The first-order valence-electron chi connectivity index (χ1n) is 5.80. The predicted molar refractivity (Wildman–Crippen MR) is 76.7 cm³/mol. The van der Waals surface area contributed by atoms with Crippen molar-refractivity contribution in [3.63, 3.8) is 0 Å². The molecule has 0 unspecified atom stereocenters. The van der Waals surface area contributed by atoms with Crippen molar-refractivity contribution in [2.24, 2.45) is 0 Å². The number of carbonyl (C=O) groups excluding carboxylic acids is 1. The number of carbonyl (C=O) groups is 2. The fraction of sp³-hybridized carbons (Fsp3) is 0.286. The Balaban J connectivity index is 2.80. The van der Waals surface area contributed by atoms with Gasteiger partial charge in [0.25, 0.3) is 0 Å². The van der Waals surface area contributed by atoms with Crippen LogP contribution in [0.5, 0.6) is 0 Å². The van der Waals surface area contributed by atoms with Crippen molar-refractivity contribution in [1.29, 1.82) is 0 Å². The van der Waals surface area contributed by atoms with E-state index in [1.54, 1.807) is 0 Å². The summed E-state index contributed by atoms with van der Waals surface area (Å²) in [5.74, 6) is -1.45. The van der Waals surface area contributed by atoms with E-state index in [9.17, 15) is 9.59 Å². The first-order valence-corrected chi connectivity index (χ1v) is 6.59. The third-order valence-electron chi connectivity index (χ3n) is 2.94. The van der Waals surface area contributed by atoms with Gasteiger partial charge in [0.15, 0.2) is 0 Å². The number of hydrogen-bond acceptors (Lipinski definition) is 2. The zero-order valence-electron chi connectivity index (χ0n) is 11.0. The number of carboxylic acids is 1. The van der Waals surface area contributed by atoms with Crippen LogP contribution < -0.4 is 5.32 Å². The lowest BCUT2D eigenvalue weighted by Crippen LogP contribution is -2.28. The SMILES string of the molecule is C/C(C(=O)O)=C(\C)C(=O)N[C@@H](C)c1ccc(Br)cc1. The third kappa shape index (κ3) is 4.21. The van der Waals surface area contributed by atoms with Crippen LogP contribution in [0.25, 0.3) is 0 Å². The highest BCUT2D eigenvalue weighted by Gasteiger charge is 2.15. The highest BCUT2D eigenvalue weighted by Crippen LogP contribution is 2.17. The molecular formula is C14H16BrNO3. The number of halogens is 1. The molecule has 0 aliphatic carbocycles. The Labute approximate surface area is 120 Å². The van der Waals surface area contributed by atoms with Crippen LogP contribution in [0.4, 0.5) is 0 Å². The maximum Gasteiger partial charge on any atom is 0.331 e. The molecule has 19 heavy (non-hydrogen) atoms. The van der Waals surface area contributed by atoms with Gasteiger partial charge in [0.1, 0.15) is 0 Å². The standard InChI is InChI=1S/C14H16BrNO3/c1-8(9(2)14(18)19)13(17)16-10(3)11-4-6-12(15)7-5-11/h4-7,10H,1-3H3,(H,16,17)(H,18,19)/b9-8-/t10-/m0/s1. The average molecular weight is 326 g/mol. The van der Waals surface area contributed by atoms with Crippen LogP contribution in [0, 0.1) is 0 Å². The van der Waals surface area contributed by atoms with Crippen molar-refractivity contribution in [3.05, 3.63) is 45.4 Å². The molecule has 0 spiro atoms. The van der Waals surface area contributed by atoms with Crippen molar-refractivity contribution < 1.29 is 14.7 Å². The van der Waals surface area contributed by atoms with Crippen molar-refractivity contribution in [2.75, 3.05) is 0 Å². The van der Waals surface area contributed by atoms with Gasteiger partial charge >= 0.3 is 5.97 Å². The van der Waals surface area contributed by atoms with Gasteiger partial charge in [-0.2, -0.15) is 0 Å². The van der Waals surface area contributed by atoms with Crippen molar-refractivity contribution >= 4 is 27.8 Å². The summed E-state index contributed by atoms with van der Waals surface area (Å²) in [6.07, 6.45) is 0. The lowest BCUT2D eigenvalue weighted by Gasteiger charge is -2.15. The zero-order valence-corrected chi connectivity index (χ0v) is 12.6. The van der Waals surface area contributed by atoms with E-state index in [0.717, 1.165) is 10.0 Å². The normalized spacial score (nSPS) is 13.5. The quantitative estimate of drug-likeness (QED) is 0.836. The Morgan fingerprint density at radius 3 is 2.16 bits per heavy atom. The molecule has 1 rings (SSSR count). The summed E-state index contributed by atoms with van der Waals surface area (Å²) in [6.45, 7) is 4.78. The molecule has 5 heteroatoms. The van der Waals surface area contributed by atoms with Crippen LogP contribution in [-0.4, -0.2) is 17.0 Å². The molecular weight excluding hydrogens is 310 g/mol. The number of amides is 1. The van der Waals surface area contributed by atoms with E-state index in [0.29, 0.717) is 0 Å². The van der Waals surface area contributed by atoms with Crippen LogP contribution in [0.15, 0.2) is 39.9 Å². The summed E-state index contributed by atoms with van der Waals surface area (Å²) in [4.78, 5) is 22.7. The van der Waals surface area contributed by atoms with E-state index in [-0.39, 0.29) is 23.1 Å². The molecule has 102 valence electrons. The van der Waals surface area contributed by atoms with Crippen LogP contribution in [0.2, 0.25) is 0 Å². The molecule has 1 aromatic carbocycles. The van der Waals surface area contributed by atoms with Crippen molar-refractivity contribution in [1.82, 2.24) is 5.32 Å². The first-order chi connectivity index (χ1) is 8.82. The van der Waals surface area contributed by atoms with Crippen LogP contribution >= 0.6 is 15.9 Å². The summed E-state index contributed by atoms with van der Waals surface area (Å²) in [7, 11) is 0. The molecule has 1 atom stereocenters. The highest BCUT2D eigenvalue weighted by molar-refractivity contribution is 9.10. The molecule has 0 aliphatic rings. The number of carboxylic acid groups (broad SMARTS) is 1. The van der Waals surface area contributed by atoms with E-state index in [1.807, 2.05) is 31.2 Å². The largest absolute Gasteiger partial charge is 0.478 e. The Morgan fingerprint density at radius 1 is 1.16 bits per heavy atom. The second-order valence-electron chi connectivity index (χ2n) is 4.30. The highest BCUT2D eigenvalue weighted by atomic mass is 79.9. The lowest BCUT2D eigenvalue weighted by atomic mass is 10.1. The van der Waals surface area contributed by atoms with E-state index in [2.05, 4.69) is 21.2 Å². The molecule has 0 bridgehead atoms. The minimum atomic E-state index is -1.08. The van der Waals surface area contributed by atoms with Crippen LogP contribution in [-0.2, 0) is 9.59 Å². The Hall–Kier alpha value is -1.62. The van der Waals surface area contributed by atoms with Gasteiger partial charge in [-0.05, 0) is 38.5 Å².